The SMILES string of the molecule is CCCCOc1ccc2nc(C)cc(CC(=O)O)c2c1. The minimum absolute atomic E-state index is 0.00171. The van der Waals surface area contributed by atoms with E-state index >= 15 is 0 Å². The van der Waals surface area contributed by atoms with Crippen LogP contribution in [0.15, 0.2) is 24.3 Å². The van der Waals surface area contributed by atoms with Crippen LogP contribution in [0.3, 0.4) is 0 Å². The average molecular weight is 273 g/mol. The summed E-state index contributed by atoms with van der Waals surface area (Å²) < 4.78 is 5.67. The number of ether oxygens (including phenoxy) is 1. The molecule has 0 atom stereocenters. The van der Waals surface area contributed by atoms with E-state index in [0.717, 1.165) is 40.8 Å². The molecule has 1 N–H and O–H groups in total. The third-order valence-electron chi connectivity index (χ3n) is 3.10. The number of aliphatic carboxylic acids is 1. The van der Waals surface area contributed by atoms with E-state index in [9.17, 15) is 4.79 Å². The molecule has 0 aliphatic heterocycles. The summed E-state index contributed by atoms with van der Waals surface area (Å²) >= 11 is 0. The Morgan fingerprint density at radius 3 is 2.85 bits per heavy atom. The number of rotatable bonds is 6. The number of pyridine rings is 1. The zero-order valence-electron chi connectivity index (χ0n) is 11.8. The number of carbonyl (C=O) groups is 1. The minimum atomic E-state index is -0.839. The number of carboxylic acid groups (broad SMARTS) is 1. The van der Waals surface area contributed by atoms with Gasteiger partial charge in [-0.25, -0.2) is 0 Å². The van der Waals surface area contributed by atoms with Crippen molar-refractivity contribution in [3.05, 3.63) is 35.5 Å². The Balaban J connectivity index is 2.37. The van der Waals surface area contributed by atoms with Gasteiger partial charge in [-0.2, -0.15) is 0 Å². The van der Waals surface area contributed by atoms with Gasteiger partial charge in [0.05, 0.1) is 18.5 Å². The Bertz CT molecular complexity index is 622. The maximum Gasteiger partial charge on any atom is 0.307 e. The standard InChI is InChI=1S/C16H19NO3/c1-3-4-7-20-13-5-6-15-14(10-13)12(9-16(18)19)8-11(2)17-15/h5-6,8,10H,3-4,7,9H2,1-2H3,(H,18,19). The molecule has 0 bridgehead atoms. The molecule has 0 saturated carbocycles. The smallest absolute Gasteiger partial charge is 0.307 e. The van der Waals surface area contributed by atoms with E-state index in [4.69, 9.17) is 9.84 Å². The molecule has 2 aromatic rings. The minimum Gasteiger partial charge on any atom is -0.494 e. The van der Waals surface area contributed by atoms with Crippen LogP contribution in [0, 0.1) is 6.92 Å². The molecule has 4 heteroatoms. The number of aromatic nitrogens is 1. The molecular formula is C16H19NO3. The van der Waals surface area contributed by atoms with E-state index in [1.54, 1.807) is 0 Å². The molecule has 0 amide bonds. The van der Waals surface area contributed by atoms with Crippen molar-refractivity contribution >= 4 is 16.9 Å². The molecule has 1 aromatic carbocycles. The summed E-state index contributed by atoms with van der Waals surface area (Å²) in [4.78, 5) is 15.4. The van der Waals surface area contributed by atoms with E-state index in [-0.39, 0.29) is 6.42 Å². The van der Waals surface area contributed by atoms with Crippen LogP contribution in [0.2, 0.25) is 0 Å². The summed E-state index contributed by atoms with van der Waals surface area (Å²) in [5.41, 5.74) is 2.42. The molecule has 0 unspecified atom stereocenters. The van der Waals surface area contributed by atoms with Crippen molar-refractivity contribution in [2.24, 2.45) is 0 Å². The van der Waals surface area contributed by atoms with Gasteiger partial charge in [0.25, 0.3) is 0 Å². The maximum atomic E-state index is 11.0. The van der Waals surface area contributed by atoms with Crippen molar-refractivity contribution in [2.75, 3.05) is 6.61 Å². The van der Waals surface area contributed by atoms with Gasteiger partial charge in [-0.1, -0.05) is 13.3 Å². The quantitative estimate of drug-likeness (QED) is 0.820. The third kappa shape index (κ3) is 3.47. The topological polar surface area (TPSA) is 59.4 Å². The second kappa shape index (κ2) is 6.37. The molecule has 0 radical (unpaired) electrons. The monoisotopic (exact) mass is 273 g/mol. The Labute approximate surface area is 118 Å². The maximum absolute atomic E-state index is 11.0. The van der Waals surface area contributed by atoms with Gasteiger partial charge in [-0.15, -0.1) is 0 Å². The number of benzene rings is 1. The van der Waals surface area contributed by atoms with Crippen molar-refractivity contribution in [1.82, 2.24) is 4.98 Å². The zero-order valence-corrected chi connectivity index (χ0v) is 11.8. The lowest BCUT2D eigenvalue weighted by Crippen LogP contribution is -2.03. The van der Waals surface area contributed by atoms with Gasteiger partial charge in [0.1, 0.15) is 5.75 Å². The fourth-order valence-electron chi connectivity index (χ4n) is 2.16. The summed E-state index contributed by atoms with van der Waals surface area (Å²) in [7, 11) is 0. The molecule has 0 fully saturated rings. The van der Waals surface area contributed by atoms with Crippen LogP contribution in [0.4, 0.5) is 0 Å². The first kappa shape index (κ1) is 14.3. The summed E-state index contributed by atoms with van der Waals surface area (Å²) in [6, 6.07) is 7.48. The van der Waals surface area contributed by atoms with Gasteiger partial charge < -0.3 is 9.84 Å². The number of nitrogens with zero attached hydrogens (tertiary/aromatic N) is 1. The summed E-state index contributed by atoms with van der Waals surface area (Å²) in [6.45, 7) is 4.66. The van der Waals surface area contributed by atoms with Crippen LogP contribution in [-0.2, 0) is 11.2 Å². The largest absolute Gasteiger partial charge is 0.494 e. The summed E-state index contributed by atoms with van der Waals surface area (Å²) in [6.07, 6.45) is 2.09. The van der Waals surface area contributed by atoms with Gasteiger partial charge >= 0.3 is 5.97 Å². The molecule has 4 nitrogen and oxygen atoms in total. The average Bonchev–Trinajstić information content (AvgIpc) is 2.39. The number of unbranched alkanes of at least 4 members (excludes halogenated alkanes) is 1. The first-order chi connectivity index (χ1) is 9.60. The molecule has 0 saturated heterocycles. The highest BCUT2D eigenvalue weighted by Gasteiger charge is 2.09. The van der Waals surface area contributed by atoms with Crippen LogP contribution in [0.25, 0.3) is 10.9 Å². The molecule has 106 valence electrons. The molecule has 1 heterocycles. The third-order valence-corrected chi connectivity index (χ3v) is 3.10. The number of fused-ring (bicyclic) bond motifs is 1. The molecule has 0 spiro atoms. The number of hydrogen-bond acceptors (Lipinski definition) is 3. The zero-order chi connectivity index (χ0) is 14.5. The van der Waals surface area contributed by atoms with Crippen LogP contribution in [-0.4, -0.2) is 22.7 Å². The summed E-state index contributed by atoms with van der Waals surface area (Å²) in [5, 5.41) is 9.86. The van der Waals surface area contributed by atoms with Crippen molar-refractivity contribution in [3.8, 4) is 5.75 Å². The van der Waals surface area contributed by atoms with E-state index < -0.39 is 5.97 Å². The van der Waals surface area contributed by atoms with Crippen molar-refractivity contribution < 1.29 is 14.6 Å². The fraction of sp³-hybridized carbons (Fsp3) is 0.375. The normalized spacial score (nSPS) is 10.7. The summed E-state index contributed by atoms with van der Waals surface area (Å²) in [5.74, 6) is -0.0718. The van der Waals surface area contributed by atoms with Crippen LogP contribution < -0.4 is 4.74 Å². The first-order valence-electron chi connectivity index (χ1n) is 6.85. The molecular weight excluding hydrogens is 254 g/mol. The Morgan fingerprint density at radius 1 is 1.35 bits per heavy atom. The Morgan fingerprint density at radius 2 is 2.15 bits per heavy atom. The number of carboxylic acids is 1. The highest BCUT2D eigenvalue weighted by atomic mass is 16.5. The second-order valence-electron chi connectivity index (χ2n) is 4.87. The Kier molecular flexibility index (Phi) is 4.56. The van der Waals surface area contributed by atoms with Gasteiger partial charge in [-0.3, -0.25) is 9.78 Å². The van der Waals surface area contributed by atoms with Gasteiger partial charge in [-0.05, 0) is 43.2 Å². The van der Waals surface area contributed by atoms with E-state index in [1.807, 2.05) is 31.2 Å². The van der Waals surface area contributed by atoms with Crippen LogP contribution in [0.5, 0.6) is 5.75 Å². The van der Waals surface area contributed by atoms with E-state index in [1.165, 1.54) is 0 Å². The lowest BCUT2D eigenvalue weighted by Gasteiger charge is -2.09. The highest BCUT2D eigenvalue weighted by Crippen LogP contribution is 2.24. The first-order valence-corrected chi connectivity index (χ1v) is 6.85. The van der Waals surface area contributed by atoms with E-state index in [2.05, 4.69) is 11.9 Å². The van der Waals surface area contributed by atoms with E-state index in [0.29, 0.717) is 6.61 Å². The van der Waals surface area contributed by atoms with Crippen molar-refractivity contribution in [3.63, 3.8) is 0 Å². The molecule has 0 aliphatic rings. The highest BCUT2D eigenvalue weighted by molar-refractivity contribution is 5.87. The lowest BCUT2D eigenvalue weighted by molar-refractivity contribution is -0.136. The predicted octanol–water partition coefficient (Wildman–Crippen LogP) is 3.35. The fourth-order valence-corrected chi connectivity index (χ4v) is 2.16. The van der Waals surface area contributed by atoms with Crippen LogP contribution in [0.1, 0.15) is 31.0 Å². The Hall–Kier alpha value is -2.10. The second-order valence-corrected chi connectivity index (χ2v) is 4.87. The number of aryl methyl sites for hydroxylation is 1. The van der Waals surface area contributed by atoms with Gasteiger partial charge in [0.15, 0.2) is 0 Å². The predicted molar refractivity (Wildman–Crippen MR) is 78.2 cm³/mol. The molecule has 20 heavy (non-hydrogen) atoms. The van der Waals surface area contributed by atoms with Crippen molar-refractivity contribution in [1.29, 1.82) is 0 Å². The molecule has 2 rings (SSSR count). The van der Waals surface area contributed by atoms with Crippen molar-refractivity contribution in [2.45, 2.75) is 33.1 Å². The molecule has 1 aromatic heterocycles. The van der Waals surface area contributed by atoms with Gasteiger partial charge in [0.2, 0.25) is 0 Å². The lowest BCUT2D eigenvalue weighted by atomic mass is 10.0. The van der Waals surface area contributed by atoms with Crippen LogP contribution >= 0.6 is 0 Å². The number of hydrogen-bond donors (Lipinski definition) is 1. The van der Waals surface area contributed by atoms with Gasteiger partial charge in [0, 0.05) is 11.1 Å². The molecule has 0 aliphatic carbocycles.